The summed E-state index contributed by atoms with van der Waals surface area (Å²) in [7, 11) is 4.20. The lowest BCUT2D eigenvalue weighted by molar-refractivity contribution is -0.137. The lowest BCUT2D eigenvalue weighted by atomic mass is 9.84. The number of alkyl halides is 3. The topological polar surface area (TPSA) is 71.8 Å². The monoisotopic (exact) mass is 631 g/mol. The Balaban J connectivity index is 1.48. The van der Waals surface area contributed by atoms with Crippen LogP contribution in [0.3, 0.4) is 0 Å². The molecule has 238 valence electrons. The molecule has 8 nitrogen and oxygen atoms in total. The third-order valence-corrected chi connectivity index (χ3v) is 9.41. The number of allylic oxidation sites excluding steroid dienone is 1. The quantitative estimate of drug-likeness (QED) is 0.344. The van der Waals surface area contributed by atoms with E-state index in [1.807, 2.05) is 19.2 Å². The molecule has 1 aromatic carbocycles. The van der Waals surface area contributed by atoms with E-state index in [0.717, 1.165) is 37.2 Å². The SMILES string of the molecule is CC=CN1CCN(c2nc(OCC3CCCCC3N(C)C)nc3c2CCN(c2cccc(Cl)c2C(F)(F)F)C3)C[C@@H]1CC#N. The summed E-state index contributed by atoms with van der Waals surface area (Å²) in [6, 6.07) is 7.25. The average molecular weight is 632 g/mol. The minimum atomic E-state index is -4.59. The molecule has 12 heteroatoms. The summed E-state index contributed by atoms with van der Waals surface area (Å²) in [6.45, 7) is 4.99. The maximum atomic E-state index is 14.1. The average Bonchev–Trinajstić information content (AvgIpc) is 2.99. The van der Waals surface area contributed by atoms with E-state index < -0.39 is 11.7 Å². The molecule has 1 aromatic heterocycles. The van der Waals surface area contributed by atoms with E-state index >= 15 is 0 Å². The zero-order valence-electron chi connectivity index (χ0n) is 25.7. The Bertz CT molecular complexity index is 1380. The van der Waals surface area contributed by atoms with Crippen molar-refractivity contribution in [2.45, 2.75) is 70.3 Å². The van der Waals surface area contributed by atoms with Gasteiger partial charge in [-0.2, -0.15) is 28.4 Å². The van der Waals surface area contributed by atoms with Crippen LogP contribution in [0.25, 0.3) is 0 Å². The van der Waals surface area contributed by atoms with Crippen molar-refractivity contribution in [1.82, 2.24) is 19.8 Å². The molecule has 5 rings (SSSR count). The smallest absolute Gasteiger partial charge is 0.419 e. The van der Waals surface area contributed by atoms with Crippen LogP contribution in [0.2, 0.25) is 5.02 Å². The van der Waals surface area contributed by atoms with Crippen molar-refractivity contribution < 1.29 is 17.9 Å². The van der Waals surface area contributed by atoms with Crippen LogP contribution >= 0.6 is 11.6 Å². The van der Waals surface area contributed by atoms with Gasteiger partial charge in [-0.15, -0.1) is 0 Å². The molecule has 2 aliphatic heterocycles. The van der Waals surface area contributed by atoms with Gasteiger partial charge in [0.1, 0.15) is 5.82 Å². The molecule has 1 aliphatic carbocycles. The van der Waals surface area contributed by atoms with E-state index in [2.05, 4.69) is 34.9 Å². The molecule has 2 aromatic rings. The summed E-state index contributed by atoms with van der Waals surface area (Å²) in [4.78, 5) is 18.1. The number of anilines is 2. The second-order valence-electron chi connectivity index (χ2n) is 12.1. The molecule has 0 spiro atoms. The summed E-state index contributed by atoms with van der Waals surface area (Å²) in [6.07, 6.45) is 4.77. The highest BCUT2D eigenvalue weighted by molar-refractivity contribution is 6.31. The van der Waals surface area contributed by atoms with Crippen molar-refractivity contribution in [3.05, 3.63) is 52.3 Å². The lowest BCUT2D eigenvalue weighted by Gasteiger charge is -2.42. The van der Waals surface area contributed by atoms with Gasteiger partial charge in [0.2, 0.25) is 0 Å². The van der Waals surface area contributed by atoms with Gasteiger partial charge < -0.3 is 24.3 Å². The van der Waals surface area contributed by atoms with Crippen molar-refractivity contribution in [1.29, 1.82) is 5.26 Å². The standard InChI is InChI=1S/C32H41ClF3N7O/c1-4-15-41-17-18-43(19-23(41)12-14-37)30-24-13-16-42(28-11-7-9-25(33)29(28)32(34,35)36)20-26(24)38-31(39-30)44-21-22-8-5-6-10-27(22)40(2)3/h4,7,9,11,15,22-23,27H,5-6,8,10,12-13,16-21H2,1-3H3/t22?,23-,27?/m0/s1. The highest BCUT2D eigenvalue weighted by atomic mass is 35.5. The number of piperazine rings is 1. The first-order valence-electron chi connectivity index (χ1n) is 15.4. The fraction of sp³-hybridized carbons (Fsp3) is 0.594. The van der Waals surface area contributed by atoms with E-state index in [4.69, 9.17) is 26.3 Å². The van der Waals surface area contributed by atoms with Gasteiger partial charge in [-0.1, -0.05) is 36.6 Å². The van der Waals surface area contributed by atoms with Gasteiger partial charge in [0.25, 0.3) is 0 Å². The van der Waals surface area contributed by atoms with Crippen molar-refractivity contribution in [2.75, 3.05) is 56.7 Å². The lowest BCUT2D eigenvalue weighted by Crippen LogP contribution is -2.51. The molecule has 3 heterocycles. The first-order valence-corrected chi connectivity index (χ1v) is 15.8. The first-order chi connectivity index (χ1) is 21.1. The zero-order valence-corrected chi connectivity index (χ0v) is 26.4. The molecule has 3 aliphatic rings. The third kappa shape index (κ3) is 7.02. The Hall–Kier alpha value is -3.23. The van der Waals surface area contributed by atoms with Crippen molar-refractivity contribution in [3.8, 4) is 12.1 Å². The van der Waals surface area contributed by atoms with E-state index in [1.54, 1.807) is 11.0 Å². The predicted octanol–water partition coefficient (Wildman–Crippen LogP) is 6.15. The number of ether oxygens (including phenoxy) is 1. The zero-order chi connectivity index (χ0) is 31.4. The molecule has 0 N–H and O–H groups in total. The van der Waals surface area contributed by atoms with Gasteiger partial charge in [0.05, 0.1) is 53.7 Å². The molecule has 0 amide bonds. The third-order valence-electron chi connectivity index (χ3n) is 9.09. The van der Waals surface area contributed by atoms with Gasteiger partial charge in [-0.25, -0.2) is 0 Å². The normalized spacial score (nSPS) is 22.8. The van der Waals surface area contributed by atoms with Crippen LogP contribution < -0.4 is 14.5 Å². The van der Waals surface area contributed by atoms with Crippen molar-refractivity contribution in [3.63, 3.8) is 0 Å². The van der Waals surface area contributed by atoms with Gasteiger partial charge in [-0.05, 0) is 58.6 Å². The first kappa shape index (κ1) is 32.2. The summed E-state index contributed by atoms with van der Waals surface area (Å²) in [5.74, 6) is 1.09. The molecule has 0 bridgehead atoms. The molecule has 3 atom stereocenters. The van der Waals surface area contributed by atoms with Gasteiger partial charge in [-0.3, -0.25) is 0 Å². The summed E-state index contributed by atoms with van der Waals surface area (Å²) < 4.78 is 48.6. The number of fused-ring (bicyclic) bond motifs is 1. The Kier molecular flexibility index (Phi) is 10.1. The molecule has 2 fully saturated rings. The van der Waals surface area contributed by atoms with Crippen molar-refractivity contribution >= 4 is 23.1 Å². The van der Waals surface area contributed by atoms with Crippen LogP contribution in [0.15, 0.2) is 30.5 Å². The van der Waals surface area contributed by atoms with Crippen LogP contribution in [0.4, 0.5) is 24.7 Å². The fourth-order valence-electron chi connectivity index (χ4n) is 6.96. The Morgan fingerprint density at radius 3 is 2.66 bits per heavy atom. The Labute approximate surface area is 263 Å². The molecule has 1 saturated carbocycles. The highest BCUT2D eigenvalue weighted by Gasteiger charge is 2.39. The molecule has 44 heavy (non-hydrogen) atoms. The molecular formula is C32H41ClF3N7O. The van der Waals surface area contributed by atoms with Crippen LogP contribution in [-0.4, -0.2) is 78.7 Å². The molecule has 1 saturated heterocycles. The number of halogens is 4. The largest absolute Gasteiger partial charge is 0.463 e. The highest BCUT2D eigenvalue weighted by Crippen LogP contribution is 2.43. The summed E-state index contributed by atoms with van der Waals surface area (Å²) in [5.41, 5.74) is 0.791. The van der Waals surface area contributed by atoms with Gasteiger partial charge in [0.15, 0.2) is 0 Å². The van der Waals surface area contributed by atoms with E-state index in [0.29, 0.717) is 56.7 Å². The number of nitriles is 1. The number of benzene rings is 1. The number of nitrogens with zero attached hydrogens (tertiary/aromatic N) is 7. The van der Waals surface area contributed by atoms with E-state index in [9.17, 15) is 18.4 Å². The van der Waals surface area contributed by atoms with Gasteiger partial charge >= 0.3 is 12.2 Å². The minimum Gasteiger partial charge on any atom is -0.463 e. The number of rotatable bonds is 8. The van der Waals surface area contributed by atoms with Crippen molar-refractivity contribution in [2.24, 2.45) is 5.92 Å². The van der Waals surface area contributed by atoms with Crippen LogP contribution in [-0.2, 0) is 19.1 Å². The van der Waals surface area contributed by atoms with E-state index in [1.165, 1.54) is 18.6 Å². The van der Waals surface area contributed by atoms with E-state index in [-0.39, 0.29) is 29.3 Å². The second kappa shape index (κ2) is 13.8. The number of aromatic nitrogens is 2. The predicted molar refractivity (Wildman–Crippen MR) is 166 cm³/mol. The van der Waals surface area contributed by atoms with Crippen LogP contribution in [0, 0.1) is 17.2 Å². The number of hydrogen-bond acceptors (Lipinski definition) is 8. The Morgan fingerprint density at radius 1 is 1.14 bits per heavy atom. The maximum Gasteiger partial charge on any atom is 0.419 e. The second-order valence-corrected chi connectivity index (χ2v) is 12.5. The Morgan fingerprint density at radius 2 is 1.93 bits per heavy atom. The molecular weight excluding hydrogens is 591 g/mol. The summed E-state index contributed by atoms with van der Waals surface area (Å²) >= 11 is 6.07. The number of hydrogen-bond donors (Lipinski definition) is 0. The van der Waals surface area contributed by atoms with Crippen LogP contribution in [0.1, 0.15) is 55.8 Å². The minimum absolute atomic E-state index is 0.0103. The molecule has 0 radical (unpaired) electrons. The molecule has 2 unspecified atom stereocenters. The summed E-state index contributed by atoms with van der Waals surface area (Å²) in [5, 5.41) is 9.20. The van der Waals surface area contributed by atoms with Gasteiger partial charge in [0, 0.05) is 43.7 Å². The van der Waals surface area contributed by atoms with Crippen LogP contribution in [0.5, 0.6) is 6.01 Å². The maximum absolute atomic E-state index is 14.1. The fourth-order valence-corrected chi connectivity index (χ4v) is 7.23.